The predicted molar refractivity (Wildman–Crippen MR) is 144 cm³/mol. The number of aliphatic hydroxyl groups is 1. The third-order valence-corrected chi connectivity index (χ3v) is 6.44. The number of rotatable bonds is 6. The van der Waals surface area contributed by atoms with E-state index in [0.29, 0.717) is 12.5 Å². The molecule has 0 spiro atoms. The van der Waals surface area contributed by atoms with Crippen LogP contribution in [-0.2, 0) is 0 Å². The highest BCUT2D eigenvalue weighted by atomic mass is 16.5. The number of hydrogen-bond donors (Lipinski definition) is 2. The van der Waals surface area contributed by atoms with Gasteiger partial charge in [-0.25, -0.2) is 9.97 Å². The van der Waals surface area contributed by atoms with Gasteiger partial charge in [-0.1, -0.05) is 30.0 Å². The zero-order valence-electron chi connectivity index (χ0n) is 20.4. The second-order valence-corrected chi connectivity index (χ2v) is 9.20. The molecule has 0 bridgehead atoms. The third-order valence-electron chi connectivity index (χ3n) is 6.44. The standard InChI is InChI=1S/C30H30N4O2/c1-22-17-25(12-14-29(22)36-26-9-3-2-4-10-26)33-30-27-18-23(11-13-28(27)31-21-32-30)7-5-15-34-16-6-8-24(19-34)20-35/h2-4,9-14,17-18,21,24,35H,6,8,15-16,19-20H2,1H3,(H,31,32,33). The van der Waals surface area contributed by atoms with Crippen LogP contribution in [0.2, 0.25) is 0 Å². The lowest BCUT2D eigenvalue weighted by molar-refractivity contribution is 0.130. The number of anilines is 2. The molecule has 1 saturated heterocycles. The fourth-order valence-corrected chi connectivity index (χ4v) is 4.53. The Kier molecular flexibility index (Phi) is 7.41. The Morgan fingerprint density at radius 1 is 1.08 bits per heavy atom. The monoisotopic (exact) mass is 478 g/mol. The van der Waals surface area contributed by atoms with Crippen LogP contribution in [-0.4, -0.2) is 46.2 Å². The van der Waals surface area contributed by atoms with E-state index in [1.54, 1.807) is 6.33 Å². The Balaban J connectivity index is 1.32. The normalized spacial score (nSPS) is 15.8. The summed E-state index contributed by atoms with van der Waals surface area (Å²) in [6.45, 7) is 4.95. The third kappa shape index (κ3) is 5.83. The van der Waals surface area contributed by atoms with Crippen molar-refractivity contribution in [3.05, 3.63) is 84.2 Å². The number of piperidine rings is 1. The zero-order chi connectivity index (χ0) is 24.7. The molecule has 1 atom stereocenters. The molecule has 182 valence electrons. The highest BCUT2D eigenvalue weighted by Crippen LogP contribution is 2.30. The van der Waals surface area contributed by atoms with Crippen LogP contribution in [0, 0.1) is 24.7 Å². The SMILES string of the molecule is Cc1cc(Nc2ncnc3ccc(C#CCN4CCCC(CO)C4)cc23)ccc1Oc1ccccc1. The van der Waals surface area contributed by atoms with Crippen LogP contribution in [0.15, 0.2) is 73.1 Å². The van der Waals surface area contributed by atoms with Crippen LogP contribution in [0.4, 0.5) is 11.5 Å². The molecule has 1 aromatic heterocycles. The number of aryl methyl sites for hydroxylation is 1. The van der Waals surface area contributed by atoms with Crippen LogP contribution >= 0.6 is 0 Å². The number of nitrogens with zero attached hydrogens (tertiary/aromatic N) is 3. The van der Waals surface area contributed by atoms with Crippen molar-refractivity contribution in [1.29, 1.82) is 0 Å². The quantitative estimate of drug-likeness (QED) is 0.355. The number of likely N-dealkylation sites (tertiary alicyclic amines) is 1. The van der Waals surface area contributed by atoms with Gasteiger partial charge in [0.05, 0.1) is 12.1 Å². The second kappa shape index (κ2) is 11.2. The van der Waals surface area contributed by atoms with E-state index < -0.39 is 0 Å². The molecule has 1 aliphatic heterocycles. The largest absolute Gasteiger partial charge is 0.457 e. The average molecular weight is 479 g/mol. The lowest BCUT2D eigenvalue weighted by Gasteiger charge is -2.30. The maximum atomic E-state index is 9.45. The number of aliphatic hydroxyl groups excluding tert-OH is 1. The van der Waals surface area contributed by atoms with Crippen molar-refractivity contribution in [2.24, 2.45) is 5.92 Å². The van der Waals surface area contributed by atoms with Gasteiger partial charge in [0.25, 0.3) is 0 Å². The van der Waals surface area contributed by atoms with Crippen molar-refractivity contribution in [2.75, 3.05) is 31.6 Å². The fraction of sp³-hybridized carbons (Fsp3) is 0.267. The second-order valence-electron chi connectivity index (χ2n) is 9.20. The molecule has 2 heterocycles. The summed E-state index contributed by atoms with van der Waals surface area (Å²) < 4.78 is 6.01. The molecule has 6 nitrogen and oxygen atoms in total. The number of hydrogen-bond acceptors (Lipinski definition) is 6. The van der Waals surface area contributed by atoms with Crippen molar-refractivity contribution >= 4 is 22.4 Å². The number of ether oxygens (including phenoxy) is 1. The molecule has 5 rings (SSSR count). The van der Waals surface area contributed by atoms with E-state index in [4.69, 9.17) is 4.74 Å². The first kappa shape index (κ1) is 23.8. The summed E-state index contributed by atoms with van der Waals surface area (Å²) in [4.78, 5) is 11.2. The Hall–Kier alpha value is -3.92. The number of fused-ring (bicyclic) bond motifs is 1. The van der Waals surface area contributed by atoms with E-state index in [1.165, 1.54) is 0 Å². The summed E-state index contributed by atoms with van der Waals surface area (Å²) in [6.07, 6.45) is 3.79. The van der Waals surface area contributed by atoms with Gasteiger partial charge in [-0.3, -0.25) is 4.90 Å². The molecule has 36 heavy (non-hydrogen) atoms. The zero-order valence-corrected chi connectivity index (χ0v) is 20.4. The summed E-state index contributed by atoms with van der Waals surface area (Å²) in [5.41, 5.74) is 3.74. The van der Waals surface area contributed by atoms with Crippen molar-refractivity contribution in [2.45, 2.75) is 19.8 Å². The lowest BCUT2D eigenvalue weighted by Crippen LogP contribution is -2.36. The first-order valence-corrected chi connectivity index (χ1v) is 12.4. The predicted octanol–water partition coefficient (Wildman–Crippen LogP) is 5.53. The van der Waals surface area contributed by atoms with Crippen LogP contribution in [0.1, 0.15) is 24.0 Å². The Morgan fingerprint density at radius 3 is 2.81 bits per heavy atom. The molecule has 1 unspecified atom stereocenters. The molecule has 0 aliphatic carbocycles. The van der Waals surface area contributed by atoms with Crippen LogP contribution in [0.5, 0.6) is 11.5 Å². The van der Waals surface area contributed by atoms with Gasteiger partial charge >= 0.3 is 0 Å². The number of nitrogens with one attached hydrogen (secondary N) is 1. The molecule has 3 aromatic carbocycles. The van der Waals surface area contributed by atoms with E-state index in [2.05, 4.69) is 32.0 Å². The summed E-state index contributed by atoms with van der Waals surface area (Å²) >= 11 is 0. The summed E-state index contributed by atoms with van der Waals surface area (Å²) in [5, 5.41) is 13.8. The molecule has 0 radical (unpaired) electrons. The minimum Gasteiger partial charge on any atom is -0.457 e. The number of aromatic nitrogens is 2. The van der Waals surface area contributed by atoms with Crippen LogP contribution in [0.3, 0.4) is 0 Å². The average Bonchev–Trinajstić information content (AvgIpc) is 2.91. The molecule has 0 amide bonds. The van der Waals surface area contributed by atoms with Crippen molar-refractivity contribution in [3.63, 3.8) is 0 Å². The fourth-order valence-electron chi connectivity index (χ4n) is 4.53. The Labute approximate surface area is 212 Å². The highest BCUT2D eigenvalue weighted by molar-refractivity contribution is 5.91. The first-order valence-electron chi connectivity index (χ1n) is 12.4. The van der Waals surface area contributed by atoms with E-state index >= 15 is 0 Å². The Morgan fingerprint density at radius 2 is 1.97 bits per heavy atom. The maximum absolute atomic E-state index is 9.45. The summed E-state index contributed by atoms with van der Waals surface area (Å²) in [6, 6.07) is 21.8. The maximum Gasteiger partial charge on any atom is 0.141 e. The van der Waals surface area contributed by atoms with Crippen LogP contribution < -0.4 is 10.1 Å². The Bertz CT molecular complexity index is 1390. The van der Waals surface area contributed by atoms with Gasteiger partial charge in [0.15, 0.2) is 0 Å². The molecular weight excluding hydrogens is 448 g/mol. The van der Waals surface area contributed by atoms with E-state index in [0.717, 1.165) is 71.0 Å². The lowest BCUT2D eigenvalue weighted by atomic mass is 9.99. The van der Waals surface area contributed by atoms with Gasteiger partial charge < -0.3 is 15.2 Å². The van der Waals surface area contributed by atoms with Crippen molar-refractivity contribution < 1.29 is 9.84 Å². The van der Waals surface area contributed by atoms with E-state index in [9.17, 15) is 5.11 Å². The van der Waals surface area contributed by atoms with Gasteiger partial charge in [0.2, 0.25) is 0 Å². The summed E-state index contributed by atoms with van der Waals surface area (Å²) in [5.74, 6) is 9.33. The topological polar surface area (TPSA) is 70.5 Å². The summed E-state index contributed by atoms with van der Waals surface area (Å²) in [7, 11) is 0. The number of para-hydroxylation sites is 1. The molecule has 2 N–H and O–H groups in total. The molecule has 1 fully saturated rings. The van der Waals surface area contributed by atoms with E-state index in [-0.39, 0.29) is 6.61 Å². The minimum absolute atomic E-state index is 0.257. The van der Waals surface area contributed by atoms with Gasteiger partial charge in [0, 0.05) is 29.8 Å². The van der Waals surface area contributed by atoms with Gasteiger partial charge in [-0.05, 0) is 86.3 Å². The van der Waals surface area contributed by atoms with Gasteiger partial charge in [-0.15, -0.1) is 0 Å². The number of benzene rings is 3. The molecule has 0 saturated carbocycles. The minimum atomic E-state index is 0.257. The molecule has 4 aromatic rings. The van der Waals surface area contributed by atoms with Gasteiger partial charge in [0.1, 0.15) is 23.6 Å². The molecule has 6 heteroatoms. The van der Waals surface area contributed by atoms with Crippen LogP contribution in [0.25, 0.3) is 10.9 Å². The first-order chi connectivity index (χ1) is 17.7. The van der Waals surface area contributed by atoms with Gasteiger partial charge in [-0.2, -0.15) is 0 Å². The molecular formula is C30H30N4O2. The molecule has 1 aliphatic rings. The smallest absolute Gasteiger partial charge is 0.141 e. The van der Waals surface area contributed by atoms with Crippen molar-refractivity contribution in [3.8, 4) is 23.3 Å². The van der Waals surface area contributed by atoms with E-state index in [1.807, 2.05) is 73.7 Å². The highest BCUT2D eigenvalue weighted by Gasteiger charge is 2.18. The van der Waals surface area contributed by atoms with Crippen molar-refractivity contribution in [1.82, 2.24) is 14.9 Å².